The fraction of sp³-hybridized carbons (Fsp3) is 0.333. The summed E-state index contributed by atoms with van der Waals surface area (Å²) >= 11 is 0. The average molecular weight is 276 g/mol. The second kappa shape index (κ2) is 6.32. The first-order valence-electron chi connectivity index (χ1n) is 6.48. The van der Waals surface area contributed by atoms with Gasteiger partial charge in [0.1, 0.15) is 11.6 Å². The average Bonchev–Trinajstić information content (AvgIpc) is 2.75. The summed E-state index contributed by atoms with van der Waals surface area (Å²) < 4.78 is 18.1. The van der Waals surface area contributed by atoms with Crippen LogP contribution in [0.4, 0.5) is 4.39 Å². The number of aromatic nitrogens is 1. The molecule has 4 nitrogen and oxygen atoms in total. The summed E-state index contributed by atoms with van der Waals surface area (Å²) in [4.78, 5) is 15.9. The van der Waals surface area contributed by atoms with E-state index in [9.17, 15) is 9.18 Å². The zero-order chi connectivity index (χ0) is 14.5. The normalized spacial score (nSPS) is 10.6. The largest absolute Gasteiger partial charge is 0.444 e. The van der Waals surface area contributed by atoms with Crippen LogP contribution in [0, 0.1) is 19.7 Å². The highest BCUT2D eigenvalue weighted by Gasteiger charge is 2.07. The molecule has 20 heavy (non-hydrogen) atoms. The van der Waals surface area contributed by atoms with Crippen LogP contribution in [0.2, 0.25) is 0 Å². The molecule has 0 fully saturated rings. The van der Waals surface area contributed by atoms with Crippen molar-refractivity contribution in [3.63, 3.8) is 0 Å². The molecule has 0 saturated carbocycles. The van der Waals surface area contributed by atoms with Gasteiger partial charge in [0, 0.05) is 6.42 Å². The lowest BCUT2D eigenvalue weighted by molar-refractivity contribution is -0.121. The maximum Gasteiger partial charge on any atom is 0.220 e. The smallest absolute Gasteiger partial charge is 0.220 e. The molecule has 0 bridgehead atoms. The first kappa shape index (κ1) is 14.2. The van der Waals surface area contributed by atoms with Gasteiger partial charge in [-0.25, -0.2) is 9.37 Å². The summed E-state index contributed by atoms with van der Waals surface area (Å²) in [6.45, 7) is 3.98. The molecule has 1 aromatic carbocycles. The highest BCUT2D eigenvalue weighted by Crippen LogP contribution is 2.08. The first-order valence-corrected chi connectivity index (χ1v) is 6.48. The van der Waals surface area contributed by atoms with Crippen LogP contribution in [-0.2, 0) is 17.8 Å². The van der Waals surface area contributed by atoms with Gasteiger partial charge in [-0.3, -0.25) is 4.79 Å². The number of hydrogen-bond donors (Lipinski definition) is 1. The van der Waals surface area contributed by atoms with Gasteiger partial charge in [0.15, 0.2) is 0 Å². The molecule has 0 spiro atoms. The van der Waals surface area contributed by atoms with Gasteiger partial charge >= 0.3 is 0 Å². The number of nitrogens with one attached hydrogen (secondary N) is 1. The van der Waals surface area contributed by atoms with E-state index in [1.54, 1.807) is 12.1 Å². The third kappa shape index (κ3) is 3.91. The van der Waals surface area contributed by atoms with Gasteiger partial charge in [-0.15, -0.1) is 0 Å². The van der Waals surface area contributed by atoms with Crippen LogP contribution in [0.3, 0.4) is 0 Å². The Morgan fingerprint density at radius 3 is 2.60 bits per heavy atom. The molecule has 0 radical (unpaired) electrons. The van der Waals surface area contributed by atoms with E-state index < -0.39 is 0 Å². The van der Waals surface area contributed by atoms with Crippen LogP contribution in [0.15, 0.2) is 28.7 Å². The Balaban J connectivity index is 1.76. The number of halogens is 1. The Bertz CT molecular complexity index is 571. The second-order valence-corrected chi connectivity index (χ2v) is 4.65. The van der Waals surface area contributed by atoms with Crippen LogP contribution < -0.4 is 5.32 Å². The van der Waals surface area contributed by atoms with Crippen LogP contribution in [0.5, 0.6) is 0 Å². The molecular formula is C15H17FN2O2. The minimum Gasteiger partial charge on any atom is -0.444 e. The van der Waals surface area contributed by atoms with Gasteiger partial charge in [0.05, 0.1) is 12.2 Å². The first-order chi connectivity index (χ1) is 9.54. The Morgan fingerprint density at radius 1 is 1.30 bits per heavy atom. The number of hydrogen-bond acceptors (Lipinski definition) is 3. The molecule has 1 amide bonds. The molecule has 2 aromatic rings. The van der Waals surface area contributed by atoms with Crippen molar-refractivity contribution in [3.05, 3.63) is 53.0 Å². The summed E-state index contributed by atoms with van der Waals surface area (Å²) in [7, 11) is 0. The number of carbonyl (C=O) groups excluding carboxylic acids is 1. The molecule has 1 aromatic heterocycles. The molecule has 1 heterocycles. The standard InChI is InChI=1S/C15H17FN2O2/c1-10-11(2)20-15(18-10)9-17-14(19)8-5-12-3-6-13(16)7-4-12/h3-4,6-7H,5,8-9H2,1-2H3,(H,17,19). The van der Waals surface area contributed by atoms with Crippen molar-refractivity contribution >= 4 is 5.91 Å². The van der Waals surface area contributed by atoms with E-state index in [0.717, 1.165) is 17.0 Å². The maximum absolute atomic E-state index is 12.7. The zero-order valence-corrected chi connectivity index (χ0v) is 11.6. The van der Waals surface area contributed by atoms with Crippen molar-refractivity contribution in [2.24, 2.45) is 0 Å². The molecule has 0 unspecified atom stereocenters. The van der Waals surface area contributed by atoms with Gasteiger partial charge in [0.2, 0.25) is 11.8 Å². The fourth-order valence-corrected chi connectivity index (χ4v) is 1.79. The summed E-state index contributed by atoms with van der Waals surface area (Å²) in [6.07, 6.45) is 0.931. The predicted octanol–water partition coefficient (Wildman–Crippen LogP) is 2.68. The van der Waals surface area contributed by atoms with Crippen molar-refractivity contribution in [1.82, 2.24) is 10.3 Å². The van der Waals surface area contributed by atoms with Crippen LogP contribution in [0.1, 0.15) is 29.3 Å². The number of rotatable bonds is 5. The fourth-order valence-electron chi connectivity index (χ4n) is 1.79. The van der Waals surface area contributed by atoms with Gasteiger partial charge in [-0.1, -0.05) is 12.1 Å². The molecule has 0 aliphatic heterocycles. The molecule has 0 saturated heterocycles. The van der Waals surface area contributed by atoms with E-state index in [0.29, 0.717) is 18.7 Å². The summed E-state index contributed by atoms with van der Waals surface area (Å²) in [5.74, 6) is 0.923. The van der Waals surface area contributed by atoms with Crippen LogP contribution >= 0.6 is 0 Å². The Labute approximate surface area is 117 Å². The SMILES string of the molecule is Cc1nc(CNC(=O)CCc2ccc(F)cc2)oc1C. The topological polar surface area (TPSA) is 55.1 Å². The lowest BCUT2D eigenvalue weighted by Crippen LogP contribution is -2.23. The third-order valence-corrected chi connectivity index (χ3v) is 3.06. The molecule has 2 rings (SSSR count). The monoisotopic (exact) mass is 276 g/mol. The van der Waals surface area contributed by atoms with E-state index in [-0.39, 0.29) is 18.3 Å². The molecule has 0 aliphatic carbocycles. The third-order valence-electron chi connectivity index (χ3n) is 3.06. The minimum absolute atomic E-state index is 0.0807. The van der Waals surface area contributed by atoms with E-state index >= 15 is 0 Å². The number of nitrogens with zero attached hydrogens (tertiary/aromatic N) is 1. The lowest BCUT2D eigenvalue weighted by atomic mass is 10.1. The lowest BCUT2D eigenvalue weighted by Gasteiger charge is -2.03. The molecular weight excluding hydrogens is 259 g/mol. The van der Waals surface area contributed by atoms with E-state index in [1.807, 2.05) is 13.8 Å². The Kier molecular flexibility index (Phi) is 4.50. The second-order valence-electron chi connectivity index (χ2n) is 4.65. The molecule has 1 N–H and O–H groups in total. The van der Waals surface area contributed by atoms with Crippen molar-refractivity contribution in [1.29, 1.82) is 0 Å². The number of carbonyl (C=O) groups is 1. The molecule has 106 valence electrons. The van der Waals surface area contributed by atoms with Gasteiger partial charge in [-0.05, 0) is 38.0 Å². The predicted molar refractivity (Wildman–Crippen MR) is 72.5 cm³/mol. The highest BCUT2D eigenvalue weighted by atomic mass is 19.1. The molecule has 0 atom stereocenters. The van der Waals surface area contributed by atoms with Crippen LogP contribution in [0.25, 0.3) is 0 Å². The maximum atomic E-state index is 12.7. The van der Waals surface area contributed by atoms with Gasteiger partial charge < -0.3 is 9.73 Å². The number of amides is 1. The number of aryl methyl sites for hydroxylation is 3. The van der Waals surface area contributed by atoms with E-state index in [2.05, 4.69) is 10.3 Å². The van der Waals surface area contributed by atoms with Crippen molar-refractivity contribution in [3.8, 4) is 0 Å². The van der Waals surface area contributed by atoms with Crippen molar-refractivity contribution in [2.45, 2.75) is 33.2 Å². The van der Waals surface area contributed by atoms with Gasteiger partial charge in [0.25, 0.3) is 0 Å². The summed E-state index contributed by atoms with van der Waals surface area (Å²) in [5, 5.41) is 2.75. The highest BCUT2D eigenvalue weighted by molar-refractivity contribution is 5.76. The number of benzene rings is 1. The number of oxazole rings is 1. The van der Waals surface area contributed by atoms with E-state index in [4.69, 9.17) is 4.42 Å². The van der Waals surface area contributed by atoms with Crippen molar-refractivity contribution < 1.29 is 13.6 Å². The molecule has 5 heteroatoms. The van der Waals surface area contributed by atoms with E-state index in [1.165, 1.54) is 12.1 Å². The Hall–Kier alpha value is -2.17. The van der Waals surface area contributed by atoms with Gasteiger partial charge in [-0.2, -0.15) is 0 Å². The summed E-state index contributed by atoms with van der Waals surface area (Å²) in [5.41, 5.74) is 1.77. The van der Waals surface area contributed by atoms with Crippen molar-refractivity contribution in [2.75, 3.05) is 0 Å². The van der Waals surface area contributed by atoms with Crippen LogP contribution in [-0.4, -0.2) is 10.9 Å². The molecule has 0 aliphatic rings. The summed E-state index contributed by atoms with van der Waals surface area (Å²) in [6, 6.07) is 6.16. The Morgan fingerprint density at radius 2 is 2.00 bits per heavy atom. The quantitative estimate of drug-likeness (QED) is 0.913. The minimum atomic E-state index is -0.271. The zero-order valence-electron chi connectivity index (χ0n) is 11.6.